The first kappa shape index (κ1) is 22.4. The van der Waals surface area contributed by atoms with Gasteiger partial charge in [-0.3, -0.25) is 4.79 Å². The highest BCUT2D eigenvalue weighted by molar-refractivity contribution is 5.79. The zero-order chi connectivity index (χ0) is 22.9. The zero-order valence-corrected chi connectivity index (χ0v) is 19.3. The molecule has 0 radical (unpaired) electrons. The number of nitrogens with two attached hydrogens (primary N) is 1. The van der Waals surface area contributed by atoms with Crippen molar-refractivity contribution < 1.29 is 9.53 Å². The molecule has 0 saturated carbocycles. The molecule has 0 bridgehead atoms. The molecule has 170 valence electrons. The van der Waals surface area contributed by atoms with Gasteiger partial charge in [0.2, 0.25) is 11.9 Å². The fraction of sp³-hybridized carbons (Fsp3) is 0.500. The number of carbonyl (C=O) groups is 1. The average molecular weight is 437 g/mol. The first-order valence-corrected chi connectivity index (χ1v) is 11.0. The minimum absolute atomic E-state index is 0.0302. The number of hydrogen-bond donors (Lipinski definition) is 2. The molecule has 4 heterocycles. The van der Waals surface area contributed by atoms with Gasteiger partial charge in [0.1, 0.15) is 6.10 Å². The quantitative estimate of drug-likeness (QED) is 0.710. The van der Waals surface area contributed by atoms with E-state index in [0.717, 1.165) is 23.4 Å². The Morgan fingerprint density at radius 2 is 2.00 bits per heavy atom. The Hall–Kier alpha value is -2.84. The lowest BCUT2D eigenvalue weighted by molar-refractivity contribution is -0.138. The highest BCUT2D eigenvalue weighted by Crippen LogP contribution is 2.30. The van der Waals surface area contributed by atoms with Crippen LogP contribution in [-0.2, 0) is 9.53 Å². The molecular weight excluding hydrogens is 404 g/mol. The van der Waals surface area contributed by atoms with Crippen LogP contribution in [0.2, 0.25) is 0 Å². The summed E-state index contributed by atoms with van der Waals surface area (Å²) < 4.78 is 5.98. The molecule has 4 rings (SSSR count). The molecule has 8 nitrogen and oxygen atoms in total. The van der Waals surface area contributed by atoms with Gasteiger partial charge >= 0.3 is 0 Å². The fourth-order valence-electron chi connectivity index (χ4n) is 4.82. The average Bonchev–Trinajstić information content (AvgIpc) is 2.72. The number of carbonyl (C=O) groups excluding carboxylic acids is 1. The van der Waals surface area contributed by atoms with Crippen molar-refractivity contribution in [2.24, 2.45) is 0 Å². The van der Waals surface area contributed by atoms with Crippen LogP contribution < -0.4 is 11.1 Å². The first-order chi connectivity index (χ1) is 15.1. The molecule has 1 atom stereocenters. The fourth-order valence-corrected chi connectivity index (χ4v) is 4.82. The van der Waals surface area contributed by atoms with E-state index < -0.39 is 0 Å². The normalized spacial score (nSPS) is 22.3. The molecule has 3 N–H and O–H groups in total. The molecule has 8 heteroatoms. The van der Waals surface area contributed by atoms with Gasteiger partial charge in [-0.1, -0.05) is 17.7 Å². The number of anilines is 1. The number of morpholine rings is 1. The van der Waals surface area contributed by atoms with Crippen LogP contribution in [0.3, 0.4) is 0 Å². The standard InChI is InChI=1S/C24H32N6O2/c1-23(2)11-16(12-24(3,4)29-23)10-21(31)30-8-9-32-20(15-30)19-7-5-6-18(28-19)17-13-26-22(25)27-14-17/h5-7,11,13-14,20,29H,8-10,12,15H2,1-4H3,(H2,25,26,27)/t20-/m1/s1. The van der Waals surface area contributed by atoms with E-state index in [1.807, 2.05) is 23.1 Å². The van der Waals surface area contributed by atoms with Gasteiger partial charge in [-0.05, 0) is 46.2 Å². The molecule has 0 spiro atoms. The number of hydrogen-bond acceptors (Lipinski definition) is 7. The molecule has 2 aromatic heterocycles. The summed E-state index contributed by atoms with van der Waals surface area (Å²) in [4.78, 5) is 27.9. The maximum atomic E-state index is 13.1. The third kappa shape index (κ3) is 5.31. The summed E-state index contributed by atoms with van der Waals surface area (Å²) in [5.41, 5.74) is 8.95. The Labute approximate surface area is 189 Å². The van der Waals surface area contributed by atoms with Crippen molar-refractivity contribution in [3.8, 4) is 11.3 Å². The molecule has 0 aliphatic carbocycles. The number of nitrogens with one attached hydrogen (secondary N) is 1. The molecule has 32 heavy (non-hydrogen) atoms. The summed E-state index contributed by atoms with van der Waals surface area (Å²) in [5, 5.41) is 3.62. The van der Waals surface area contributed by atoms with Gasteiger partial charge in [-0.2, -0.15) is 0 Å². The van der Waals surface area contributed by atoms with E-state index in [0.29, 0.717) is 26.1 Å². The number of ether oxygens (including phenoxy) is 1. The Bertz CT molecular complexity index is 1020. The molecule has 0 unspecified atom stereocenters. The SMILES string of the molecule is CC1(C)C=C(CC(=O)N2CCO[C@@H](c3cccc(-c4cnc(N)nc4)n3)C2)CC(C)(C)N1. The van der Waals surface area contributed by atoms with E-state index in [1.54, 1.807) is 12.4 Å². The predicted molar refractivity (Wildman–Crippen MR) is 124 cm³/mol. The number of nitrogen functional groups attached to an aromatic ring is 1. The second-order valence-corrected chi connectivity index (χ2v) is 9.86. The minimum Gasteiger partial charge on any atom is -0.368 e. The van der Waals surface area contributed by atoms with Crippen LogP contribution in [0.1, 0.15) is 52.3 Å². The molecule has 2 aliphatic rings. The van der Waals surface area contributed by atoms with Crippen LogP contribution in [0.15, 0.2) is 42.2 Å². The van der Waals surface area contributed by atoms with Crippen molar-refractivity contribution in [2.45, 2.75) is 57.7 Å². The van der Waals surface area contributed by atoms with E-state index >= 15 is 0 Å². The van der Waals surface area contributed by atoms with E-state index in [1.165, 1.54) is 5.57 Å². The van der Waals surface area contributed by atoms with Gasteiger partial charge < -0.3 is 20.7 Å². The van der Waals surface area contributed by atoms with Crippen LogP contribution in [0.5, 0.6) is 0 Å². The molecule has 1 fully saturated rings. The summed E-state index contributed by atoms with van der Waals surface area (Å²) in [7, 11) is 0. The van der Waals surface area contributed by atoms with Crippen LogP contribution in [0, 0.1) is 0 Å². The Morgan fingerprint density at radius 1 is 1.25 bits per heavy atom. The number of aromatic nitrogens is 3. The summed E-state index contributed by atoms with van der Waals surface area (Å²) in [6.45, 7) is 10.2. The van der Waals surface area contributed by atoms with Gasteiger partial charge in [-0.15, -0.1) is 0 Å². The Kier molecular flexibility index (Phi) is 6.01. The molecule has 2 aromatic rings. The van der Waals surface area contributed by atoms with Crippen LogP contribution in [-0.4, -0.2) is 56.5 Å². The second-order valence-electron chi connectivity index (χ2n) is 9.86. The van der Waals surface area contributed by atoms with Crippen LogP contribution in [0.25, 0.3) is 11.3 Å². The predicted octanol–water partition coefficient (Wildman–Crippen LogP) is 2.89. The maximum absolute atomic E-state index is 13.1. The lowest BCUT2D eigenvalue weighted by Crippen LogP contribution is -2.54. The van der Waals surface area contributed by atoms with E-state index in [9.17, 15) is 4.79 Å². The van der Waals surface area contributed by atoms with Crippen molar-refractivity contribution in [3.05, 3.63) is 47.9 Å². The molecule has 2 aliphatic heterocycles. The molecular formula is C24H32N6O2. The van der Waals surface area contributed by atoms with Crippen molar-refractivity contribution in [2.75, 3.05) is 25.4 Å². The molecule has 1 saturated heterocycles. The van der Waals surface area contributed by atoms with Crippen molar-refractivity contribution >= 4 is 11.9 Å². The lowest BCUT2D eigenvalue weighted by Gasteiger charge is -2.41. The van der Waals surface area contributed by atoms with Crippen molar-refractivity contribution in [1.29, 1.82) is 0 Å². The van der Waals surface area contributed by atoms with E-state index in [-0.39, 0.29) is 29.0 Å². The topological polar surface area (TPSA) is 106 Å². The third-order valence-corrected chi connectivity index (χ3v) is 5.76. The first-order valence-electron chi connectivity index (χ1n) is 11.0. The molecule has 0 aromatic carbocycles. The maximum Gasteiger partial charge on any atom is 0.226 e. The third-order valence-electron chi connectivity index (χ3n) is 5.76. The van der Waals surface area contributed by atoms with Crippen molar-refractivity contribution in [3.63, 3.8) is 0 Å². The van der Waals surface area contributed by atoms with Crippen molar-refractivity contribution in [1.82, 2.24) is 25.2 Å². The summed E-state index contributed by atoms with van der Waals surface area (Å²) >= 11 is 0. The van der Waals surface area contributed by atoms with Gasteiger partial charge in [0.05, 0.1) is 24.5 Å². The van der Waals surface area contributed by atoms with Gasteiger partial charge in [0.15, 0.2) is 0 Å². The number of nitrogens with zero attached hydrogens (tertiary/aromatic N) is 4. The highest BCUT2D eigenvalue weighted by atomic mass is 16.5. The summed E-state index contributed by atoms with van der Waals surface area (Å²) in [5.74, 6) is 0.367. The zero-order valence-electron chi connectivity index (χ0n) is 19.3. The Morgan fingerprint density at radius 3 is 2.72 bits per heavy atom. The highest BCUT2D eigenvalue weighted by Gasteiger charge is 2.34. The minimum atomic E-state index is -0.266. The smallest absolute Gasteiger partial charge is 0.226 e. The summed E-state index contributed by atoms with van der Waals surface area (Å²) in [6.07, 6.45) is 6.55. The van der Waals surface area contributed by atoms with E-state index in [2.05, 4.69) is 49.1 Å². The largest absolute Gasteiger partial charge is 0.368 e. The second kappa shape index (κ2) is 8.60. The number of rotatable bonds is 4. The summed E-state index contributed by atoms with van der Waals surface area (Å²) in [6, 6.07) is 5.76. The number of amides is 1. The lowest BCUT2D eigenvalue weighted by atomic mass is 9.82. The monoisotopic (exact) mass is 436 g/mol. The molecule has 1 amide bonds. The Balaban J connectivity index is 1.46. The van der Waals surface area contributed by atoms with Gasteiger partial charge in [-0.25, -0.2) is 15.0 Å². The van der Waals surface area contributed by atoms with Gasteiger partial charge in [0.25, 0.3) is 0 Å². The van der Waals surface area contributed by atoms with Crippen LogP contribution >= 0.6 is 0 Å². The number of pyridine rings is 1. The van der Waals surface area contributed by atoms with E-state index in [4.69, 9.17) is 15.5 Å². The van der Waals surface area contributed by atoms with Gasteiger partial charge in [0, 0.05) is 42.0 Å². The van der Waals surface area contributed by atoms with Crippen LogP contribution in [0.4, 0.5) is 5.95 Å².